The summed E-state index contributed by atoms with van der Waals surface area (Å²) >= 11 is 0. The molecule has 7 nitrogen and oxygen atoms in total. The molecule has 0 aliphatic rings. The van der Waals surface area contributed by atoms with Gasteiger partial charge in [-0.25, -0.2) is 0 Å². The predicted molar refractivity (Wildman–Crippen MR) is 64.4 cm³/mol. The van der Waals surface area contributed by atoms with Crippen LogP contribution < -0.4 is 17.0 Å². The molecule has 98 valence electrons. The van der Waals surface area contributed by atoms with Gasteiger partial charge in [0.15, 0.2) is 0 Å². The SMILES string of the molecule is CC(COC(=O)Cn1cc(N)ccc1=O)C(N)=O. The summed E-state index contributed by atoms with van der Waals surface area (Å²) in [6, 6.07) is 2.70. The first-order chi connectivity index (χ1) is 8.40. The number of esters is 1. The van der Waals surface area contributed by atoms with Crippen molar-refractivity contribution >= 4 is 17.6 Å². The molecule has 1 aromatic rings. The molecule has 1 atom stereocenters. The van der Waals surface area contributed by atoms with Crippen LogP contribution in [-0.2, 0) is 20.9 Å². The molecule has 0 aliphatic heterocycles. The number of anilines is 1. The minimum atomic E-state index is -0.629. The van der Waals surface area contributed by atoms with Crippen molar-refractivity contribution in [2.24, 2.45) is 11.7 Å². The molecule has 4 N–H and O–H groups in total. The van der Waals surface area contributed by atoms with Crippen molar-refractivity contribution in [3.05, 3.63) is 28.7 Å². The number of pyridine rings is 1. The molecule has 18 heavy (non-hydrogen) atoms. The Morgan fingerprint density at radius 2 is 2.11 bits per heavy atom. The summed E-state index contributed by atoms with van der Waals surface area (Å²) < 4.78 is 5.96. The van der Waals surface area contributed by atoms with Gasteiger partial charge in [-0.1, -0.05) is 6.92 Å². The molecule has 0 saturated heterocycles. The zero-order valence-corrected chi connectivity index (χ0v) is 9.96. The van der Waals surface area contributed by atoms with Crippen molar-refractivity contribution in [3.8, 4) is 0 Å². The molecule has 0 spiro atoms. The van der Waals surface area contributed by atoms with Gasteiger partial charge < -0.3 is 20.8 Å². The van der Waals surface area contributed by atoms with Crippen molar-refractivity contribution in [3.63, 3.8) is 0 Å². The lowest BCUT2D eigenvalue weighted by atomic mass is 10.2. The van der Waals surface area contributed by atoms with Crippen LogP contribution in [0.4, 0.5) is 5.69 Å². The molecule has 1 aromatic heterocycles. The van der Waals surface area contributed by atoms with Gasteiger partial charge in [0.25, 0.3) is 5.56 Å². The van der Waals surface area contributed by atoms with E-state index in [4.69, 9.17) is 16.2 Å². The Labute approximate surface area is 103 Å². The van der Waals surface area contributed by atoms with Crippen LogP contribution in [0.15, 0.2) is 23.1 Å². The summed E-state index contributed by atoms with van der Waals surface area (Å²) in [5.74, 6) is -1.74. The number of nitrogens with two attached hydrogens (primary N) is 2. The number of carbonyl (C=O) groups is 2. The number of primary amides is 1. The van der Waals surface area contributed by atoms with E-state index in [9.17, 15) is 14.4 Å². The Bertz CT molecular complexity index is 509. The smallest absolute Gasteiger partial charge is 0.326 e. The Kier molecular flexibility index (Phi) is 4.47. The third kappa shape index (κ3) is 3.93. The van der Waals surface area contributed by atoms with Crippen LogP contribution in [0.5, 0.6) is 0 Å². The molecule has 1 rings (SSSR count). The van der Waals surface area contributed by atoms with Crippen LogP contribution in [-0.4, -0.2) is 23.1 Å². The summed E-state index contributed by atoms with van der Waals surface area (Å²) in [6.07, 6.45) is 1.35. The van der Waals surface area contributed by atoms with E-state index in [0.717, 1.165) is 4.57 Å². The summed E-state index contributed by atoms with van der Waals surface area (Å²) in [6.45, 7) is 1.18. The second kappa shape index (κ2) is 5.85. The second-order valence-corrected chi connectivity index (χ2v) is 3.92. The van der Waals surface area contributed by atoms with Crippen LogP contribution in [0, 0.1) is 5.92 Å². The van der Waals surface area contributed by atoms with E-state index in [1.54, 1.807) is 6.92 Å². The molecule has 7 heteroatoms. The fraction of sp³-hybridized carbons (Fsp3) is 0.364. The van der Waals surface area contributed by atoms with Gasteiger partial charge in [0.05, 0.1) is 5.92 Å². The standard InChI is InChI=1S/C11H15N3O4/c1-7(11(13)17)6-18-10(16)5-14-4-8(12)2-3-9(14)15/h2-4,7H,5-6,12H2,1H3,(H2,13,17). The number of nitrogens with zero attached hydrogens (tertiary/aromatic N) is 1. The zero-order chi connectivity index (χ0) is 13.7. The van der Waals surface area contributed by atoms with E-state index < -0.39 is 17.8 Å². The van der Waals surface area contributed by atoms with Gasteiger partial charge in [0, 0.05) is 18.0 Å². The summed E-state index contributed by atoms with van der Waals surface area (Å²) in [5.41, 5.74) is 10.5. The van der Waals surface area contributed by atoms with Crippen molar-refractivity contribution in [2.75, 3.05) is 12.3 Å². The predicted octanol–water partition coefficient (Wildman–Crippen LogP) is -0.905. The number of carbonyl (C=O) groups excluding carboxylic acids is 2. The van der Waals surface area contributed by atoms with Crippen molar-refractivity contribution < 1.29 is 14.3 Å². The first-order valence-electron chi connectivity index (χ1n) is 5.31. The molecule has 1 unspecified atom stereocenters. The zero-order valence-electron chi connectivity index (χ0n) is 9.96. The van der Waals surface area contributed by atoms with Crippen LogP contribution in [0.3, 0.4) is 0 Å². The highest BCUT2D eigenvalue weighted by Gasteiger charge is 2.12. The summed E-state index contributed by atoms with van der Waals surface area (Å²) in [7, 11) is 0. The molecule has 0 fully saturated rings. The minimum absolute atomic E-state index is 0.106. The average Bonchev–Trinajstić information content (AvgIpc) is 2.30. The number of hydrogen-bond donors (Lipinski definition) is 2. The maximum absolute atomic E-state index is 11.4. The van der Waals surface area contributed by atoms with Crippen LogP contribution in [0.1, 0.15) is 6.92 Å². The first-order valence-corrected chi connectivity index (χ1v) is 5.31. The van der Waals surface area contributed by atoms with Crippen LogP contribution in [0.25, 0.3) is 0 Å². The lowest BCUT2D eigenvalue weighted by Crippen LogP contribution is -2.29. The Morgan fingerprint density at radius 1 is 1.44 bits per heavy atom. The molecule has 0 bridgehead atoms. The van der Waals surface area contributed by atoms with Gasteiger partial charge in [-0.05, 0) is 6.07 Å². The molecule has 0 aliphatic carbocycles. The minimum Gasteiger partial charge on any atom is -0.464 e. The quantitative estimate of drug-likeness (QED) is 0.659. The van der Waals surface area contributed by atoms with Crippen molar-refractivity contribution in [1.29, 1.82) is 0 Å². The highest BCUT2D eigenvalue weighted by molar-refractivity contribution is 5.77. The number of nitrogen functional groups attached to an aromatic ring is 1. The summed E-state index contributed by atoms with van der Waals surface area (Å²) in [5, 5.41) is 0. The molecular formula is C11H15N3O4. The number of ether oxygens (including phenoxy) is 1. The molecule has 1 amide bonds. The topological polar surface area (TPSA) is 117 Å². The normalized spacial score (nSPS) is 11.8. The Balaban J connectivity index is 2.57. The van der Waals surface area contributed by atoms with Crippen molar-refractivity contribution in [2.45, 2.75) is 13.5 Å². The van der Waals surface area contributed by atoms with Gasteiger partial charge >= 0.3 is 5.97 Å². The Morgan fingerprint density at radius 3 is 2.72 bits per heavy atom. The van der Waals surface area contributed by atoms with Gasteiger partial charge in [-0.15, -0.1) is 0 Å². The molecular weight excluding hydrogens is 238 g/mol. The Hall–Kier alpha value is -2.31. The van der Waals surface area contributed by atoms with Gasteiger partial charge in [0.2, 0.25) is 5.91 Å². The fourth-order valence-electron chi connectivity index (χ4n) is 1.16. The summed E-state index contributed by atoms with van der Waals surface area (Å²) in [4.78, 5) is 33.5. The maximum atomic E-state index is 11.4. The molecule has 0 radical (unpaired) electrons. The lowest BCUT2D eigenvalue weighted by Gasteiger charge is -2.09. The number of aromatic nitrogens is 1. The van der Waals surface area contributed by atoms with E-state index in [2.05, 4.69) is 0 Å². The number of hydrogen-bond acceptors (Lipinski definition) is 5. The third-order valence-corrected chi connectivity index (χ3v) is 2.29. The van der Waals surface area contributed by atoms with Gasteiger partial charge in [0.1, 0.15) is 13.2 Å². The second-order valence-electron chi connectivity index (χ2n) is 3.92. The molecule has 1 heterocycles. The highest BCUT2D eigenvalue weighted by Crippen LogP contribution is 1.98. The lowest BCUT2D eigenvalue weighted by molar-refractivity contribution is -0.146. The van der Waals surface area contributed by atoms with E-state index >= 15 is 0 Å². The molecule has 0 aromatic carbocycles. The average molecular weight is 253 g/mol. The largest absolute Gasteiger partial charge is 0.464 e. The van der Waals surface area contributed by atoms with E-state index in [0.29, 0.717) is 5.69 Å². The number of amides is 1. The van der Waals surface area contributed by atoms with E-state index in [1.807, 2.05) is 0 Å². The van der Waals surface area contributed by atoms with Gasteiger partial charge in [-0.3, -0.25) is 14.4 Å². The van der Waals surface area contributed by atoms with Crippen molar-refractivity contribution in [1.82, 2.24) is 4.57 Å². The van der Waals surface area contributed by atoms with Gasteiger partial charge in [-0.2, -0.15) is 0 Å². The first kappa shape index (κ1) is 13.8. The molecule has 0 saturated carbocycles. The highest BCUT2D eigenvalue weighted by atomic mass is 16.5. The number of rotatable bonds is 5. The van der Waals surface area contributed by atoms with E-state index in [-0.39, 0.29) is 18.7 Å². The fourth-order valence-corrected chi connectivity index (χ4v) is 1.16. The maximum Gasteiger partial charge on any atom is 0.326 e. The van der Waals surface area contributed by atoms with E-state index in [1.165, 1.54) is 18.3 Å². The monoisotopic (exact) mass is 253 g/mol. The third-order valence-electron chi connectivity index (χ3n) is 2.29. The van der Waals surface area contributed by atoms with Crippen LogP contribution >= 0.6 is 0 Å². The van der Waals surface area contributed by atoms with Crippen LogP contribution in [0.2, 0.25) is 0 Å².